The molecule has 3 rings (SSSR count). The van der Waals surface area contributed by atoms with Crippen LogP contribution in [0.3, 0.4) is 0 Å². The number of nitrogens with zero attached hydrogens (tertiary/aromatic N) is 2. The lowest BCUT2D eigenvalue weighted by Crippen LogP contribution is -2.17. The first-order chi connectivity index (χ1) is 13.5. The third-order valence-corrected chi connectivity index (χ3v) is 4.31. The largest absolute Gasteiger partial charge is 0.508 e. The third kappa shape index (κ3) is 6.35. The minimum atomic E-state index is -0.808. The molecule has 0 bridgehead atoms. The van der Waals surface area contributed by atoms with Gasteiger partial charge in [0.1, 0.15) is 5.75 Å². The van der Waals surface area contributed by atoms with Crippen molar-refractivity contribution < 1.29 is 15.0 Å². The van der Waals surface area contributed by atoms with Gasteiger partial charge < -0.3 is 20.6 Å². The van der Waals surface area contributed by atoms with Gasteiger partial charge in [-0.05, 0) is 55.4 Å². The van der Waals surface area contributed by atoms with Gasteiger partial charge in [0.15, 0.2) is 0 Å². The number of nitrogens with one attached hydrogen (secondary N) is 2. The van der Waals surface area contributed by atoms with Crippen LogP contribution < -0.4 is 10.6 Å². The Labute approximate surface area is 178 Å². The molecule has 154 valence electrons. The third-order valence-electron chi connectivity index (χ3n) is 4.07. The number of hydrogen-bond donors (Lipinski definition) is 3. The molecule has 1 heterocycles. The molecule has 0 aliphatic heterocycles. The summed E-state index contributed by atoms with van der Waals surface area (Å²) in [4.78, 5) is 18.7. The average molecular weight is 439 g/mol. The number of halogens is 2. The summed E-state index contributed by atoms with van der Waals surface area (Å²) in [7, 11) is 0. The SMILES string of the molecule is Cl.O=[N+]([O-])OCCCNCc1cc(Nc2ccnc3cc(Cl)ccc23)ccc1O. The molecule has 0 atom stereocenters. The van der Waals surface area contributed by atoms with Crippen LogP contribution in [0, 0.1) is 10.1 Å². The molecule has 0 fully saturated rings. The Kier molecular flexibility index (Phi) is 8.26. The van der Waals surface area contributed by atoms with Crippen molar-refractivity contribution >= 4 is 46.3 Å². The van der Waals surface area contributed by atoms with Crippen LogP contribution in [0.25, 0.3) is 10.9 Å². The summed E-state index contributed by atoms with van der Waals surface area (Å²) in [6.45, 7) is 0.986. The fourth-order valence-electron chi connectivity index (χ4n) is 2.75. The Morgan fingerprint density at radius 3 is 2.83 bits per heavy atom. The minimum Gasteiger partial charge on any atom is -0.508 e. The molecule has 29 heavy (non-hydrogen) atoms. The van der Waals surface area contributed by atoms with Gasteiger partial charge in [0, 0.05) is 40.1 Å². The normalized spacial score (nSPS) is 10.4. The van der Waals surface area contributed by atoms with Crippen LogP contribution >= 0.6 is 24.0 Å². The number of fused-ring (bicyclic) bond motifs is 1. The van der Waals surface area contributed by atoms with Crippen LogP contribution in [0.15, 0.2) is 48.7 Å². The fourth-order valence-corrected chi connectivity index (χ4v) is 2.92. The number of hydrogen-bond acceptors (Lipinski definition) is 7. The second-order valence-corrected chi connectivity index (χ2v) is 6.51. The molecule has 0 radical (unpaired) electrons. The van der Waals surface area contributed by atoms with Crippen molar-refractivity contribution in [2.24, 2.45) is 0 Å². The van der Waals surface area contributed by atoms with Crippen LogP contribution in [0.5, 0.6) is 5.75 Å². The van der Waals surface area contributed by atoms with E-state index in [2.05, 4.69) is 20.5 Å². The summed E-state index contributed by atoms with van der Waals surface area (Å²) in [5.74, 6) is 0.172. The summed E-state index contributed by atoms with van der Waals surface area (Å²) < 4.78 is 0. The second-order valence-electron chi connectivity index (χ2n) is 6.08. The topological polar surface area (TPSA) is 110 Å². The zero-order valence-electron chi connectivity index (χ0n) is 15.3. The summed E-state index contributed by atoms with van der Waals surface area (Å²) in [6.07, 6.45) is 2.20. The van der Waals surface area contributed by atoms with Crippen molar-refractivity contribution in [1.82, 2.24) is 10.3 Å². The molecule has 0 aliphatic rings. The highest BCUT2D eigenvalue weighted by Crippen LogP contribution is 2.29. The molecule has 3 aromatic rings. The fraction of sp³-hybridized carbons (Fsp3) is 0.211. The number of pyridine rings is 1. The molecule has 0 amide bonds. The van der Waals surface area contributed by atoms with Gasteiger partial charge in [-0.2, -0.15) is 0 Å². The monoisotopic (exact) mass is 438 g/mol. The molecule has 8 nitrogen and oxygen atoms in total. The zero-order chi connectivity index (χ0) is 19.9. The van der Waals surface area contributed by atoms with Crippen molar-refractivity contribution in [3.8, 4) is 5.75 Å². The molecular weight excluding hydrogens is 419 g/mol. The number of benzene rings is 2. The lowest BCUT2D eigenvalue weighted by atomic mass is 10.1. The lowest BCUT2D eigenvalue weighted by molar-refractivity contribution is -0.757. The predicted octanol–water partition coefficient (Wildman–Crippen LogP) is 4.45. The maximum Gasteiger partial charge on any atom is 0.294 e. The standard InChI is InChI=1S/C19H19ClN4O4.ClH/c20-14-2-4-16-17(6-8-22-18(16)11-14)23-15-3-5-19(25)13(10-15)12-21-7-1-9-28-24(26)27;/h2-6,8,10-11,21,25H,1,7,9,12H2,(H,22,23);1H. The highest BCUT2D eigenvalue weighted by molar-refractivity contribution is 6.31. The van der Waals surface area contributed by atoms with Crippen molar-refractivity contribution in [3.63, 3.8) is 0 Å². The molecule has 0 saturated carbocycles. The van der Waals surface area contributed by atoms with Crippen LogP contribution in [-0.4, -0.2) is 28.3 Å². The van der Waals surface area contributed by atoms with Crippen LogP contribution in [0.4, 0.5) is 11.4 Å². The van der Waals surface area contributed by atoms with E-state index in [0.29, 0.717) is 30.1 Å². The number of rotatable bonds is 9. The first kappa shape index (κ1) is 22.5. The van der Waals surface area contributed by atoms with E-state index < -0.39 is 5.09 Å². The smallest absolute Gasteiger partial charge is 0.294 e. The highest BCUT2D eigenvalue weighted by atomic mass is 35.5. The maximum atomic E-state index is 10.1. The Morgan fingerprint density at radius 2 is 2.03 bits per heavy atom. The minimum absolute atomic E-state index is 0. The molecule has 0 unspecified atom stereocenters. The van der Waals surface area contributed by atoms with Gasteiger partial charge >= 0.3 is 0 Å². The van der Waals surface area contributed by atoms with E-state index in [1.54, 1.807) is 24.4 Å². The Balaban J connectivity index is 0.00000300. The summed E-state index contributed by atoms with van der Waals surface area (Å²) in [5, 5.41) is 27.4. The van der Waals surface area contributed by atoms with E-state index in [4.69, 9.17) is 11.6 Å². The van der Waals surface area contributed by atoms with E-state index in [9.17, 15) is 15.2 Å². The van der Waals surface area contributed by atoms with Crippen molar-refractivity contribution in [1.29, 1.82) is 0 Å². The number of anilines is 2. The molecule has 10 heteroatoms. The summed E-state index contributed by atoms with van der Waals surface area (Å²) >= 11 is 6.03. The van der Waals surface area contributed by atoms with Gasteiger partial charge in [-0.3, -0.25) is 4.98 Å². The Hall–Kier alpha value is -2.81. The maximum absolute atomic E-state index is 10.1. The van der Waals surface area contributed by atoms with Gasteiger partial charge in [0.25, 0.3) is 5.09 Å². The second kappa shape index (κ2) is 10.7. The highest BCUT2D eigenvalue weighted by Gasteiger charge is 2.06. The number of phenolic OH excluding ortho intramolecular Hbond substituents is 1. The Morgan fingerprint density at radius 1 is 1.21 bits per heavy atom. The van der Waals surface area contributed by atoms with Gasteiger partial charge in [-0.15, -0.1) is 22.5 Å². The molecule has 0 spiro atoms. The summed E-state index contributed by atoms with van der Waals surface area (Å²) in [5.41, 5.74) is 3.19. The van der Waals surface area contributed by atoms with Gasteiger partial charge in [0.05, 0.1) is 12.1 Å². The Bertz CT molecular complexity index is 988. The van der Waals surface area contributed by atoms with Crippen LogP contribution in [0.1, 0.15) is 12.0 Å². The van der Waals surface area contributed by atoms with Gasteiger partial charge in [-0.1, -0.05) is 11.6 Å². The molecule has 1 aromatic heterocycles. The van der Waals surface area contributed by atoms with E-state index in [-0.39, 0.29) is 24.8 Å². The van der Waals surface area contributed by atoms with Crippen molar-refractivity contribution in [2.45, 2.75) is 13.0 Å². The number of aromatic hydroxyl groups is 1. The van der Waals surface area contributed by atoms with E-state index >= 15 is 0 Å². The number of phenols is 1. The number of aromatic nitrogens is 1. The predicted molar refractivity (Wildman–Crippen MR) is 115 cm³/mol. The quantitative estimate of drug-likeness (QED) is 0.196. The van der Waals surface area contributed by atoms with Gasteiger partial charge in [-0.25, -0.2) is 0 Å². The average Bonchev–Trinajstić information content (AvgIpc) is 2.66. The first-order valence-corrected chi connectivity index (χ1v) is 9.02. The van der Waals surface area contributed by atoms with E-state index in [1.165, 1.54) is 0 Å². The molecule has 0 saturated heterocycles. The first-order valence-electron chi connectivity index (χ1n) is 8.64. The molecule has 2 aromatic carbocycles. The summed E-state index contributed by atoms with van der Waals surface area (Å²) in [6, 6.07) is 12.6. The van der Waals surface area contributed by atoms with E-state index in [1.807, 2.05) is 24.3 Å². The van der Waals surface area contributed by atoms with Crippen LogP contribution in [-0.2, 0) is 11.4 Å². The van der Waals surface area contributed by atoms with Crippen molar-refractivity contribution in [3.05, 3.63) is 69.4 Å². The molecular formula is C19H20Cl2N4O4. The molecule has 0 aliphatic carbocycles. The lowest BCUT2D eigenvalue weighted by Gasteiger charge is -2.12. The van der Waals surface area contributed by atoms with Gasteiger partial charge in [0.2, 0.25) is 0 Å². The molecule has 3 N–H and O–H groups in total. The van der Waals surface area contributed by atoms with E-state index in [0.717, 1.165) is 22.3 Å². The zero-order valence-corrected chi connectivity index (χ0v) is 16.9. The van der Waals surface area contributed by atoms with Crippen molar-refractivity contribution in [2.75, 3.05) is 18.5 Å². The van der Waals surface area contributed by atoms with Crippen LogP contribution in [0.2, 0.25) is 5.02 Å².